The first-order valence-electron chi connectivity index (χ1n) is 11.7. The summed E-state index contributed by atoms with van der Waals surface area (Å²) in [7, 11) is 0. The van der Waals surface area contributed by atoms with E-state index >= 15 is 0 Å². The molecule has 1 N–H and O–H groups in total. The summed E-state index contributed by atoms with van der Waals surface area (Å²) in [5, 5.41) is 2.73. The van der Waals surface area contributed by atoms with Gasteiger partial charge in [-0.3, -0.25) is 5.32 Å². The second-order valence-corrected chi connectivity index (χ2v) is 9.08. The molecule has 2 unspecified atom stereocenters. The van der Waals surface area contributed by atoms with E-state index in [-0.39, 0.29) is 12.6 Å². The first kappa shape index (κ1) is 21.8. The van der Waals surface area contributed by atoms with Gasteiger partial charge < -0.3 is 23.7 Å². The highest BCUT2D eigenvalue weighted by molar-refractivity contribution is 5.84. The van der Waals surface area contributed by atoms with E-state index in [9.17, 15) is 9.59 Å². The summed E-state index contributed by atoms with van der Waals surface area (Å²) in [6.07, 6.45) is 7.59. The maximum absolute atomic E-state index is 13.1. The van der Waals surface area contributed by atoms with E-state index in [1.54, 1.807) is 0 Å². The lowest BCUT2D eigenvalue weighted by molar-refractivity contribution is 0.0305. The smallest absolute Gasteiger partial charge is 0.412 e. The Bertz CT molecular complexity index is 928. The number of rotatable bonds is 5. The van der Waals surface area contributed by atoms with E-state index in [4.69, 9.17) is 13.9 Å². The first-order valence-corrected chi connectivity index (χ1v) is 11.7. The van der Waals surface area contributed by atoms with Crippen molar-refractivity contribution < 1.29 is 23.5 Å². The van der Waals surface area contributed by atoms with Crippen molar-refractivity contribution in [2.45, 2.75) is 50.8 Å². The Morgan fingerprint density at radius 1 is 1.09 bits per heavy atom. The van der Waals surface area contributed by atoms with Gasteiger partial charge in [-0.05, 0) is 55.7 Å². The number of hydrogen-bond donors (Lipinski definition) is 1. The molecule has 3 aliphatic heterocycles. The summed E-state index contributed by atoms with van der Waals surface area (Å²) in [6, 6.07) is 8.81. The van der Waals surface area contributed by atoms with Crippen LogP contribution < -0.4 is 5.32 Å². The highest BCUT2D eigenvalue weighted by Gasteiger charge is 2.44. The van der Waals surface area contributed by atoms with Crippen molar-refractivity contribution in [1.29, 1.82) is 0 Å². The zero-order chi connectivity index (χ0) is 22.6. The number of amides is 3. The molecule has 4 heterocycles. The molecule has 176 valence electrons. The van der Waals surface area contributed by atoms with Crippen LogP contribution in [0.15, 0.2) is 41.3 Å². The maximum atomic E-state index is 13.1. The number of oxazole rings is 1. The summed E-state index contributed by atoms with van der Waals surface area (Å²) in [6.45, 7) is 2.72. The monoisotopic (exact) mass is 454 g/mol. The first-order chi connectivity index (χ1) is 16.2. The van der Waals surface area contributed by atoms with Crippen molar-refractivity contribution in [3.63, 3.8) is 0 Å². The van der Waals surface area contributed by atoms with Gasteiger partial charge in [-0.25, -0.2) is 14.6 Å². The minimum absolute atomic E-state index is 0.0407. The predicted octanol–water partition coefficient (Wildman–Crippen LogP) is 3.66. The van der Waals surface area contributed by atoms with Crippen LogP contribution in [0.5, 0.6) is 0 Å². The summed E-state index contributed by atoms with van der Waals surface area (Å²) < 4.78 is 15.6. The minimum Gasteiger partial charge on any atom is -0.445 e. The second kappa shape index (κ2) is 9.82. The van der Waals surface area contributed by atoms with Crippen molar-refractivity contribution in [1.82, 2.24) is 14.8 Å². The van der Waals surface area contributed by atoms with Gasteiger partial charge >= 0.3 is 12.1 Å². The fourth-order valence-corrected chi connectivity index (χ4v) is 5.35. The van der Waals surface area contributed by atoms with Crippen molar-refractivity contribution in [3.8, 4) is 0 Å². The highest BCUT2D eigenvalue weighted by Crippen LogP contribution is 2.40. The third-order valence-corrected chi connectivity index (χ3v) is 6.89. The number of anilines is 1. The SMILES string of the molecule is O=C(Nc1ccc(CC2CC3CCC(C2)N3C(=O)N2CCOCC2)cc1)OCc1cnco1. The Morgan fingerprint density at radius 3 is 2.48 bits per heavy atom. The zero-order valence-electron chi connectivity index (χ0n) is 18.7. The van der Waals surface area contributed by atoms with Crippen LogP contribution in [0.3, 0.4) is 0 Å². The fourth-order valence-electron chi connectivity index (χ4n) is 5.35. The molecular formula is C24H30N4O5. The Hall–Kier alpha value is -3.07. The zero-order valence-corrected chi connectivity index (χ0v) is 18.7. The largest absolute Gasteiger partial charge is 0.445 e. The molecule has 9 heteroatoms. The molecule has 2 aromatic rings. The van der Waals surface area contributed by atoms with Crippen LogP contribution in [0.1, 0.15) is 37.0 Å². The average Bonchev–Trinajstić information content (AvgIpc) is 3.45. The number of ether oxygens (including phenoxy) is 2. The van der Waals surface area contributed by atoms with Crippen LogP contribution >= 0.6 is 0 Å². The summed E-state index contributed by atoms with van der Waals surface area (Å²) in [5.74, 6) is 1.06. The molecule has 5 rings (SSSR count). The Balaban J connectivity index is 1.11. The van der Waals surface area contributed by atoms with Crippen molar-refractivity contribution in [2.24, 2.45) is 5.92 Å². The minimum atomic E-state index is -0.534. The standard InChI is InChI=1S/C24H30N4O5/c29-23(32-15-22-14-25-16-33-22)26-19-3-1-17(2-4-19)11-18-12-20-5-6-21(13-18)28(20)24(30)27-7-9-31-10-8-27/h1-4,14,16,18,20-21H,5-13,15H2,(H,26,29). The predicted molar refractivity (Wildman–Crippen MR) is 120 cm³/mol. The van der Waals surface area contributed by atoms with E-state index in [0.29, 0.717) is 55.8 Å². The quantitative estimate of drug-likeness (QED) is 0.741. The number of urea groups is 1. The maximum Gasteiger partial charge on any atom is 0.412 e. The fraction of sp³-hybridized carbons (Fsp3) is 0.542. The topological polar surface area (TPSA) is 97.1 Å². The number of fused-ring (bicyclic) bond motifs is 2. The van der Waals surface area contributed by atoms with Crippen LogP contribution in [0.25, 0.3) is 0 Å². The lowest BCUT2D eigenvalue weighted by atomic mass is 9.86. The van der Waals surface area contributed by atoms with Crippen molar-refractivity contribution in [3.05, 3.63) is 48.2 Å². The molecule has 0 aliphatic carbocycles. The molecule has 2 atom stereocenters. The molecule has 2 bridgehead atoms. The molecule has 0 spiro atoms. The van der Waals surface area contributed by atoms with E-state index in [1.807, 2.05) is 17.0 Å². The van der Waals surface area contributed by atoms with Gasteiger partial charge in [0.1, 0.15) is 0 Å². The molecule has 3 fully saturated rings. The number of aromatic nitrogens is 1. The summed E-state index contributed by atoms with van der Waals surface area (Å²) in [5.41, 5.74) is 1.93. The number of carbonyl (C=O) groups is 2. The third kappa shape index (κ3) is 5.13. The molecule has 1 aromatic heterocycles. The van der Waals surface area contributed by atoms with Gasteiger partial charge in [0.05, 0.1) is 19.4 Å². The van der Waals surface area contributed by atoms with Crippen LogP contribution in [-0.2, 0) is 22.5 Å². The number of hydrogen-bond acceptors (Lipinski definition) is 6. The second-order valence-electron chi connectivity index (χ2n) is 9.08. The number of nitrogens with zero attached hydrogens (tertiary/aromatic N) is 3. The Labute approximate surface area is 193 Å². The average molecular weight is 455 g/mol. The molecule has 0 radical (unpaired) electrons. The Kier molecular flexibility index (Phi) is 6.48. The summed E-state index contributed by atoms with van der Waals surface area (Å²) in [4.78, 5) is 32.9. The van der Waals surface area contributed by atoms with Crippen molar-refractivity contribution in [2.75, 3.05) is 31.6 Å². The third-order valence-electron chi connectivity index (χ3n) is 6.89. The number of carbonyl (C=O) groups excluding carboxylic acids is 2. The van der Waals surface area contributed by atoms with Crippen LogP contribution in [0.4, 0.5) is 15.3 Å². The van der Waals surface area contributed by atoms with Gasteiger partial charge in [0.2, 0.25) is 0 Å². The van der Waals surface area contributed by atoms with E-state index in [0.717, 1.165) is 32.1 Å². The Morgan fingerprint density at radius 2 is 1.82 bits per heavy atom. The normalized spacial score (nSPS) is 24.5. The van der Waals surface area contributed by atoms with E-state index in [1.165, 1.54) is 18.2 Å². The van der Waals surface area contributed by atoms with E-state index in [2.05, 4.69) is 27.3 Å². The van der Waals surface area contributed by atoms with Crippen LogP contribution in [-0.4, -0.2) is 65.3 Å². The lowest BCUT2D eigenvalue weighted by Crippen LogP contribution is -2.54. The molecule has 0 saturated carbocycles. The van der Waals surface area contributed by atoms with Gasteiger partial charge in [-0.15, -0.1) is 0 Å². The lowest BCUT2D eigenvalue weighted by Gasteiger charge is -2.42. The molecule has 1 aromatic carbocycles. The van der Waals surface area contributed by atoms with Gasteiger partial charge in [0, 0.05) is 30.9 Å². The number of morpholine rings is 1. The number of nitrogens with one attached hydrogen (secondary N) is 1. The van der Waals surface area contributed by atoms with Gasteiger partial charge in [-0.2, -0.15) is 0 Å². The molecule has 33 heavy (non-hydrogen) atoms. The molecular weight excluding hydrogens is 424 g/mol. The van der Waals surface area contributed by atoms with Gasteiger partial charge in [0.15, 0.2) is 18.8 Å². The molecule has 3 aliphatic rings. The van der Waals surface area contributed by atoms with Gasteiger partial charge in [0.25, 0.3) is 0 Å². The highest BCUT2D eigenvalue weighted by atomic mass is 16.6. The number of piperidine rings is 1. The molecule has 3 amide bonds. The van der Waals surface area contributed by atoms with Crippen molar-refractivity contribution >= 4 is 17.8 Å². The number of benzene rings is 1. The van der Waals surface area contributed by atoms with Gasteiger partial charge in [-0.1, -0.05) is 12.1 Å². The summed E-state index contributed by atoms with van der Waals surface area (Å²) >= 11 is 0. The van der Waals surface area contributed by atoms with Crippen LogP contribution in [0, 0.1) is 5.92 Å². The molecule has 3 saturated heterocycles. The van der Waals surface area contributed by atoms with Crippen LogP contribution in [0.2, 0.25) is 0 Å². The van der Waals surface area contributed by atoms with E-state index < -0.39 is 6.09 Å². The molecule has 9 nitrogen and oxygen atoms in total.